The number of hydrogen-bond acceptors (Lipinski definition) is 11. The minimum absolute atomic E-state index is 0.0251. The van der Waals surface area contributed by atoms with Gasteiger partial charge >= 0.3 is 11.9 Å². The van der Waals surface area contributed by atoms with Gasteiger partial charge in [-0.25, -0.2) is 9.48 Å². The molecule has 0 aromatic carbocycles. The molecule has 12 heteroatoms. The van der Waals surface area contributed by atoms with Crippen molar-refractivity contribution < 1.29 is 24.0 Å². The highest BCUT2D eigenvalue weighted by atomic mass is 16.8. The smallest absolute Gasteiger partial charge is 0.360 e. The molecular weight excluding hydrogens is 286 g/mol. The van der Waals surface area contributed by atoms with E-state index in [9.17, 15) is 9.59 Å². The van der Waals surface area contributed by atoms with Crippen molar-refractivity contribution in [1.82, 2.24) is 25.5 Å². The van der Waals surface area contributed by atoms with Crippen molar-refractivity contribution in [2.45, 2.75) is 26.8 Å². The van der Waals surface area contributed by atoms with Crippen LogP contribution in [0.4, 0.5) is 0 Å². The molecule has 0 aliphatic heterocycles. The van der Waals surface area contributed by atoms with E-state index in [4.69, 9.17) is 10.6 Å². The van der Waals surface area contributed by atoms with Crippen molar-refractivity contribution in [3.63, 3.8) is 0 Å². The number of nitrogens with one attached hydrogen (secondary N) is 1. The Morgan fingerprint density at radius 2 is 2.24 bits per heavy atom. The van der Waals surface area contributed by atoms with E-state index in [2.05, 4.69) is 35.7 Å². The maximum atomic E-state index is 11.8. The Kier molecular flexibility index (Phi) is 6.70. The Labute approximate surface area is 119 Å². The second kappa shape index (κ2) is 8.55. The summed E-state index contributed by atoms with van der Waals surface area (Å²) in [6, 6.07) is 0. The number of tetrazole rings is 1. The molecule has 1 unspecified atom stereocenters. The summed E-state index contributed by atoms with van der Waals surface area (Å²) in [4.78, 5) is 26.5. The van der Waals surface area contributed by atoms with E-state index in [-0.39, 0.29) is 18.9 Å². The summed E-state index contributed by atoms with van der Waals surface area (Å²) in [6.07, 6.45) is 0.321. The van der Waals surface area contributed by atoms with Crippen molar-refractivity contribution in [1.29, 1.82) is 0 Å². The Balaban J connectivity index is 2.46. The van der Waals surface area contributed by atoms with Gasteiger partial charge in [-0.2, -0.15) is 0 Å². The molecule has 12 nitrogen and oxygen atoms in total. The van der Waals surface area contributed by atoms with Gasteiger partial charge in [-0.05, 0) is 10.4 Å². The number of nitrogens with two attached hydrogens (primary N) is 1. The zero-order valence-corrected chi connectivity index (χ0v) is 11.4. The standard InChI is InChI=1S/C9H15N7O5/c1-6(17)19-7(2)20-9(18)8(13-21-10)3-11-4-16-5-12-14-15-16/h5,7,11H,3-4,10H2,1-2H3/b13-8+. The molecule has 1 heterocycles. The molecule has 0 saturated carbocycles. The Hall–Kier alpha value is -2.60. The second-order valence-corrected chi connectivity index (χ2v) is 3.66. The lowest BCUT2D eigenvalue weighted by Crippen LogP contribution is -2.34. The van der Waals surface area contributed by atoms with Crippen LogP contribution in [-0.4, -0.2) is 50.7 Å². The van der Waals surface area contributed by atoms with Crippen molar-refractivity contribution >= 4 is 17.7 Å². The van der Waals surface area contributed by atoms with Crippen LogP contribution >= 0.6 is 0 Å². The molecule has 0 amide bonds. The number of oxime groups is 1. The van der Waals surface area contributed by atoms with Crippen molar-refractivity contribution in [2.24, 2.45) is 11.1 Å². The number of carbonyl (C=O) groups excluding carboxylic acids is 2. The molecule has 0 aliphatic rings. The van der Waals surface area contributed by atoms with Gasteiger partial charge in [0.1, 0.15) is 6.33 Å². The molecule has 116 valence electrons. The van der Waals surface area contributed by atoms with E-state index >= 15 is 0 Å². The van der Waals surface area contributed by atoms with Gasteiger partial charge in [0.15, 0.2) is 5.71 Å². The zero-order chi connectivity index (χ0) is 15.7. The summed E-state index contributed by atoms with van der Waals surface area (Å²) in [6.45, 7) is 2.77. The largest absolute Gasteiger partial charge is 0.426 e. The molecule has 1 aromatic heterocycles. The van der Waals surface area contributed by atoms with Gasteiger partial charge in [-0.15, -0.1) is 11.0 Å². The minimum Gasteiger partial charge on any atom is -0.426 e. The number of nitrogens with zero attached hydrogens (tertiary/aromatic N) is 5. The maximum absolute atomic E-state index is 11.8. The molecule has 21 heavy (non-hydrogen) atoms. The molecule has 1 rings (SSSR count). The summed E-state index contributed by atoms with van der Waals surface area (Å²) in [5, 5.41) is 16.6. The van der Waals surface area contributed by atoms with Crippen LogP contribution in [0.1, 0.15) is 13.8 Å². The summed E-state index contributed by atoms with van der Waals surface area (Å²) >= 11 is 0. The molecule has 1 aromatic rings. The monoisotopic (exact) mass is 301 g/mol. The maximum Gasteiger partial charge on any atom is 0.360 e. The number of rotatable bonds is 8. The van der Waals surface area contributed by atoms with Crippen LogP contribution in [0.3, 0.4) is 0 Å². The van der Waals surface area contributed by atoms with E-state index in [0.29, 0.717) is 0 Å². The third-order valence-corrected chi connectivity index (χ3v) is 1.96. The van der Waals surface area contributed by atoms with Crippen LogP contribution in [0.25, 0.3) is 0 Å². The van der Waals surface area contributed by atoms with Crippen LogP contribution in [0, 0.1) is 0 Å². The SMILES string of the molecule is CC(=O)OC(C)OC(=O)/C(CNCn1cnnn1)=N/ON. The Morgan fingerprint density at radius 3 is 2.81 bits per heavy atom. The van der Waals surface area contributed by atoms with Gasteiger partial charge in [0, 0.05) is 13.8 Å². The van der Waals surface area contributed by atoms with E-state index in [1.54, 1.807) is 0 Å². The second-order valence-electron chi connectivity index (χ2n) is 3.66. The molecular formula is C9H15N7O5. The fourth-order valence-electron chi connectivity index (χ4n) is 1.22. The highest BCUT2D eigenvalue weighted by Crippen LogP contribution is 1.97. The number of esters is 2. The average Bonchev–Trinajstić information content (AvgIpc) is 2.89. The van der Waals surface area contributed by atoms with Crippen LogP contribution in [0.15, 0.2) is 11.5 Å². The molecule has 0 radical (unpaired) electrons. The van der Waals surface area contributed by atoms with Crippen LogP contribution < -0.4 is 11.2 Å². The molecule has 1 atom stereocenters. The van der Waals surface area contributed by atoms with Crippen molar-refractivity contribution in [3.8, 4) is 0 Å². The topological polar surface area (TPSA) is 156 Å². The van der Waals surface area contributed by atoms with Gasteiger partial charge in [-0.3, -0.25) is 10.1 Å². The van der Waals surface area contributed by atoms with Crippen molar-refractivity contribution in [3.05, 3.63) is 6.33 Å². The first-order chi connectivity index (χ1) is 10.0. The Morgan fingerprint density at radius 1 is 1.48 bits per heavy atom. The molecule has 3 N–H and O–H groups in total. The summed E-state index contributed by atoms with van der Waals surface area (Å²) in [5.41, 5.74) is -0.149. The van der Waals surface area contributed by atoms with Crippen LogP contribution in [-0.2, 0) is 30.7 Å². The molecule has 0 bridgehead atoms. The first-order valence-electron chi connectivity index (χ1n) is 5.75. The number of hydrogen-bond donors (Lipinski definition) is 2. The van der Waals surface area contributed by atoms with Gasteiger partial charge in [0.05, 0.1) is 13.2 Å². The highest BCUT2D eigenvalue weighted by molar-refractivity contribution is 6.37. The zero-order valence-electron chi connectivity index (χ0n) is 11.4. The number of ether oxygens (including phenoxy) is 2. The normalized spacial score (nSPS) is 12.6. The van der Waals surface area contributed by atoms with E-state index in [0.717, 1.165) is 0 Å². The molecule has 0 spiro atoms. The van der Waals surface area contributed by atoms with E-state index in [1.807, 2.05) is 0 Å². The molecule has 0 aliphatic carbocycles. The summed E-state index contributed by atoms with van der Waals surface area (Å²) in [5.74, 6) is 3.37. The lowest BCUT2D eigenvalue weighted by atomic mass is 10.4. The predicted molar refractivity (Wildman–Crippen MR) is 65.8 cm³/mol. The van der Waals surface area contributed by atoms with Gasteiger partial charge in [0.25, 0.3) is 0 Å². The average molecular weight is 301 g/mol. The van der Waals surface area contributed by atoms with Crippen LogP contribution in [0.2, 0.25) is 0 Å². The minimum atomic E-state index is -1.06. The van der Waals surface area contributed by atoms with E-state index in [1.165, 1.54) is 24.9 Å². The summed E-state index contributed by atoms with van der Waals surface area (Å²) in [7, 11) is 0. The van der Waals surface area contributed by atoms with Gasteiger partial charge in [-0.1, -0.05) is 5.16 Å². The summed E-state index contributed by atoms with van der Waals surface area (Å²) < 4.78 is 10.9. The molecule has 0 saturated heterocycles. The van der Waals surface area contributed by atoms with Crippen LogP contribution in [0.5, 0.6) is 0 Å². The predicted octanol–water partition coefficient (Wildman–Crippen LogP) is -2.08. The molecule has 0 fully saturated rings. The quantitative estimate of drug-likeness (QED) is 0.236. The third kappa shape index (κ3) is 6.40. The lowest BCUT2D eigenvalue weighted by molar-refractivity contribution is -0.178. The van der Waals surface area contributed by atoms with Gasteiger partial charge in [0.2, 0.25) is 6.29 Å². The lowest BCUT2D eigenvalue weighted by Gasteiger charge is -2.13. The number of aromatic nitrogens is 4. The first-order valence-corrected chi connectivity index (χ1v) is 5.75. The van der Waals surface area contributed by atoms with Gasteiger partial charge < -0.3 is 14.4 Å². The fraction of sp³-hybridized carbons (Fsp3) is 0.556. The highest BCUT2D eigenvalue weighted by Gasteiger charge is 2.18. The third-order valence-electron chi connectivity index (χ3n) is 1.96. The van der Waals surface area contributed by atoms with Crippen molar-refractivity contribution in [2.75, 3.05) is 6.54 Å². The Bertz CT molecular complexity index is 489. The van der Waals surface area contributed by atoms with E-state index < -0.39 is 18.2 Å². The number of carbonyl (C=O) groups is 2. The fourth-order valence-corrected chi connectivity index (χ4v) is 1.22. The first kappa shape index (κ1) is 16.5.